The molecule has 0 N–H and O–H groups in total. The van der Waals surface area contributed by atoms with Crippen molar-refractivity contribution in [3.8, 4) is 11.1 Å². The Balaban J connectivity index is 2.53. The van der Waals surface area contributed by atoms with Crippen molar-refractivity contribution in [2.75, 3.05) is 19.0 Å². The van der Waals surface area contributed by atoms with Crippen molar-refractivity contribution in [1.29, 1.82) is 0 Å². The van der Waals surface area contributed by atoms with E-state index >= 15 is 0 Å². The average molecular weight is 196 g/mol. The van der Waals surface area contributed by atoms with Gasteiger partial charge in [0.2, 0.25) is 0 Å². The van der Waals surface area contributed by atoms with Crippen LogP contribution in [0.5, 0.6) is 0 Å². The van der Waals surface area contributed by atoms with E-state index in [0.29, 0.717) is 0 Å². The number of hydrogen-bond donors (Lipinski definition) is 0. The standard InChI is InChI=1S/C14H14N/c1-15(2)14-11-7-6-10-13(14)12-8-4-3-5-9-12/h4-11H,1-2H3. The quantitative estimate of drug-likeness (QED) is 0.712. The summed E-state index contributed by atoms with van der Waals surface area (Å²) in [5.74, 6) is 0. The molecule has 2 aromatic rings. The Bertz CT molecular complexity index is 432. The topological polar surface area (TPSA) is 3.24 Å². The van der Waals surface area contributed by atoms with Crippen molar-refractivity contribution in [3.63, 3.8) is 0 Å². The molecule has 0 spiro atoms. The Morgan fingerprint density at radius 1 is 0.933 bits per heavy atom. The van der Waals surface area contributed by atoms with Crippen LogP contribution in [0, 0.1) is 6.07 Å². The fraction of sp³-hybridized carbons (Fsp3) is 0.143. The highest BCUT2D eigenvalue weighted by Gasteiger charge is 2.04. The van der Waals surface area contributed by atoms with E-state index < -0.39 is 0 Å². The first-order chi connectivity index (χ1) is 7.29. The van der Waals surface area contributed by atoms with Crippen LogP contribution in [-0.2, 0) is 0 Å². The molecule has 2 rings (SSSR count). The zero-order valence-electron chi connectivity index (χ0n) is 9.07. The van der Waals surface area contributed by atoms with Gasteiger partial charge in [-0.15, -0.1) is 0 Å². The third-order valence-electron chi connectivity index (χ3n) is 2.42. The molecule has 0 aliphatic rings. The molecule has 15 heavy (non-hydrogen) atoms. The van der Waals surface area contributed by atoms with Crippen LogP contribution >= 0.6 is 0 Å². The van der Waals surface area contributed by atoms with Crippen molar-refractivity contribution in [2.24, 2.45) is 0 Å². The summed E-state index contributed by atoms with van der Waals surface area (Å²) in [6, 6.07) is 19.5. The van der Waals surface area contributed by atoms with Crippen molar-refractivity contribution < 1.29 is 0 Å². The summed E-state index contributed by atoms with van der Waals surface area (Å²) < 4.78 is 0. The summed E-state index contributed by atoms with van der Waals surface area (Å²) in [4.78, 5) is 2.13. The van der Waals surface area contributed by atoms with Gasteiger partial charge < -0.3 is 4.90 Å². The van der Waals surface area contributed by atoms with Gasteiger partial charge in [0, 0.05) is 25.3 Å². The summed E-state index contributed by atoms with van der Waals surface area (Å²) in [5, 5.41) is 0. The van der Waals surface area contributed by atoms with E-state index in [1.807, 2.05) is 12.1 Å². The van der Waals surface area contributed by atoms with E-state index in [4.69, 9.17) is 0 Å². The number of rotatable bonds is 2. The molecule has 0 fully saturated rings. The Hall–Kier alpha value is -1.76. The predicted molar refractivity (Wildman–Crippen MR) is 65.0 cm³/mol. The molecule has 0 amide bonds. The summed E-state index contributed by atoms with van der Waals surface area (Å²) in [6.07, 6.45) is 0. The molecule has 2 aromatic carbocycles. The second-order valence-electron chi connectivity index (χ2n) is 3.70. The van der Waals surface area contributed by atoms with Gasteiger partial charge in [-0.05, 0) is 17.7 Å². The normalized spacial score (nSPS) is 10.0. The summed E-state index contributed by atoms with van der Waals surface area (Å²) in [5.41, 5.74) is 3.73. The number of anilines is 1. The molecule has 0 saturated carbocycles. The van der Waals surface area contributed by atoms with E-state index in [0.717, 1.165) is 0 Å². The summed E-state index contributed by atoms with van der Waals surface area (Å²) >= 11 is 0. The Morgan fingerprint density at radius 2 is 1.60 bits per heavy atom. The molecule has 0 aliphatic carbocycles. The third kappa shape index (κ3) is 2.01. The molecule has 1 nitrogen and oxygen atoms in total. The average Bonchev–Trinajstić information content (AvgIpc) is 2.30. The fourth-order valence-electron chi connectivity index (χ4n) is 1.67. The van der Waals surface area contributed by atoms with E-state index in [2.05, 4.69) is 61.5 Å². The largest absolute Gasteiger partial charge is 0.377 e. The lowest BCUT2D eigenvalue weighted by Gasteiger charge is -2.17. The number of para-hydroxylation sites is 1. The molecule has 0 bridgehead atoms. The van der Waals surface area contributed by atoms with Crippen LogP contribution in [-0.4, -0.2) is 14.1 Å². The summed E-state index contributed by atoms with van der Waals surface area (Å²) in [7, 11) is 4.13. The minimum Gasteiger partial charge on any atom is -0.377 e. The lowest BCUT2D eigenvalue weighted by atomic mass is 10.0. The number of hydrogen-bond acceptors (Lipinski definition) is 1. The van der Waals surface area contributed by atoms with E-state index in [9.17, 15) is 0 Å². The van der Waals surface area contributed by atoms with Gasteiger partial charge >= 0.3 is 0 Å². The molecule has 0 unspecified atom stereocenters. The van der Waals surface area contributed by atoms with Gasteiger partial charge in [-0.3, -0.25) is 0 Å². The second-order valence-corrected chi connectivity index (χ2v) is 3.70. The Labute approximate surface area is 91.0 Å². The molecular weight excluding hydrogens is 182 g/mol. The minimum absolute atomic E-state index is 1.23. The van der Waals surface area contributed by atoms with Gasteiger partial charge in [-0.25, -0.2) is 0 Å². The molecule has 0 heterocycles. The number of benzene rings is 2. The minimum atomic E-state index is 1.23. The number of nitrogens with zero attached hydrogens (tertiary/aromatic N) is 1. The van der Waals surface area contributed by atoms with Crippen LogP contribution in [0.4, 0.5) is 5.69 Å². The van der Waals surface area contributed by atoms with Gasteiger partial charge in [0.1, 0.15) is 0 Å². The fourth-order valence-corrected chi connectivity index (χ4v) is 1.67. The van der Waals surface area contributed by atoms with E-state index in [1.54, 1.807) is 0 Å². The molecule has 0 atom stereocenters. The molecule has 0 saturated heterocycles. The molecule has 0 aromatic heterocycles. The molecule has 1 radical (unpaired) electrons. The predicted octanol–water partition coefficient (Wildman–Crippen LogP) is 3.22. The van der Waals surface area contributed by atoms with Gasteiger partial charge in [-0.1, -0.05) is 42.5 Å². The SMILES string of the molecule is CN(C)c1ccccc1-c1cc[c]cc1. The van der Waals surface area contributed by atoms with Crippen LogP contribution < -0.4 is 4.90 Å². The molecule has 0 aliphatic heterocycles. The first-order valence-electron chi connectivity index (χ1n) is 5.02. The maximum Gasteiger partial charge on any atom is 0.0440 e. The van der Waals surface area contributed by atoms with Gasteiger partial charge in [0.25, 0.3) is 0 Å². The molecule has 75 valence electrons. The third-order valence-corrected chi connectivity index (χ3v) is 2.42. The maximum atomic E-state index is 3.04. The smallest absolute Gasteiger partial charge is 0.0440 e. The Kier molecular flexibility index (Phi) is 2.72. The highest BCUT2D eigenvalue weighted by molar-refractivity contribution is 5.78. The van der Waals surface area contributed by atoms with Crippen LogP contribution in [0.1, 0.15) is 0 Å². The molecular formula is C14H14N. The van der Waals surface area contributed by atoms with Crippen molar-refractivity contribution in [1.82, 2.24) is 0 Å². The second kappa shape index (κ2) is 4.18. The maximum absolute atomic E-state index is 3.04. The highest BCUT2D eigenvalue weighted by Crippen LogP contribution is 2.28. The van der Waals surface area contributed by atoms with Gasteiger partial charge in [0.05, 0.1) is 0 Å². The lowest BCUT2D eigenvalue weighted by Crippen LogP contribution is -2.09. The van der Waals surface area contributed by atoms with Crippen LogP contribution in [0.15, 0.2) is 48.5 Å². The van der Waals surface area contributed by atoms with Gasteiger partial charge in [-0.2, -0.15) is 0 Å². The van der Waals surface area contributed by atoms with Crippen molar-refractivity contribution >= 4 is 5.69 Å². The van der Waals surface area contributed by atoms with Crippen LogP contribution in [0.3, 0.4) is 0 Å². The first-order valence-corrected chi connectivity index (χ1v) is 5.02. The monoisotopic (exact) mass is 196 g/mol. The van der Waals surface area contributed by atoms with Gasteiger partial charge in [0.15, 0.2) is 0 Å². The van der Waals surface area contributed by atoms with Crippen LogP contribution in [0.2, 0.25) is 0 Å². The van der Waals surface area contributed by atoms with E-state index in [-0.39, 0.29) is 0 Å². The highest BCUT2D eigenvalue weighted by atomic mass is 15.1. The zero-order valence-corrected chi connectivity index (χ0v) is 9.07. The lowest BCUT2D eigenvalue weighted by molar-refractivity contribution is 1.13. The Morgan fingerprint density at radius 3 is 2.27 bits per heavy atom. The van der Waals surface area contributed by atoms with Crippen molar-refractivity contribution in [2.45, 2.75) is 0 Å². The molecule has 1 heteroatoms. The van der Waals surface area contributed by atoms with Crippen LogP contribution in [0.25, 0.3) is 11.1 Å². The van der Waals surface area contributed by atoms with Crippen molar-refractivity contribution in [3.05, 3.63) is 54.6 Å². The summed E-state index contributed by atoms with van der Waals surface area (Å²) in [6.45, 7) is 0. The first kappa shape index (κ1) is 9.78. The van der Waals surface area contributed by atoms with E-state index in [1.165, 1.54) is 16.8 Å². The zero-order chi connectivity index (χ0) is 10.7.